The largest absolute Gasteiger partial charge is 0.296 e. The fourth-order valence-corrected chi connectivity index (χ4v) is 2.62. The van der Waals surface area contributed by atoms with Gasteiger partial charge in [-0.25, -0.2) is 4.98 Å². The predicted molar refractivity (Wildman–Crippen MR) is 74.3 cm³/mol. The Morgan fingerprint density at radius 3 is 2.80 bits per heavy atom. The zero-order valence-electron chi connectivity index (χ0n) is 7.58. The molecule has 1 fully saturated rings. The fraction of sp³-hybridized carbons (Fsp3) is 0.333. The molecule has 1 aromatic heterocycles. The van der Waals surface area contributed by atoms with Gasteiger partial charge in [-0.05, 0) is 50.7 Å². The summed E-state index contributed by atoms with van der Waals surface area (Å²) in [7, 11) is 0. The average Bonchev–Trinajstić information content (AvgIpc) is 2.50. The van der Waals surface area contributed by atoms with Gasteiger partial charge in [-0.3, -0.25) is 9.69 Å². The van der Waals surface area contributed by atoms with Crippen LogP contribution in [0.1, 0.15) is 6.42 Å². The fourth-order valence-electron chi connectivity index (χ4n) is 1.44. The minimum atomic E-state index is 0.123. The zero-order chi connectivity index (χ0) is 11.0. The van der Waals surface area contributed by atoms with E-state index in [2.05, 4.69) is 59.4 Å². The number of hydrogen-bond acceptors (Lipinski definition) is 2. The minimum absolute atomic E-state index is 0.123. The summed E-state index contributed by atoms with van der Waals surface area (Å²) < 4.78 is 1.82. The molecule has 15 heavy (non-hydrogen) atoms. The lowest BCUT2D eigenvalue weighted by Gasteiger charge is -2.14. The summed E-state index contributed by atoms with van der Waals surface area (Å²) >= 11 is 9.00. The maximum atomic E-state index is 11.6. The topological polar surface area (TPSA) is 33.2 Å². The highest BCUT2D eigenvalue weighted by molar-refractivity contribution is 14.1. The highest BCUT2D eigenvalue weighted by Crippen LogP contribution is 2.26. The Hall–Kier alpha value is 0.310. The number of halogens is 3. The molecule has 1 amide bonds. The summed E-state index contributed by atoms with van der Waals surface area (Å²) in [5, 5.41) is 0. The second-order valence-corrected chi connectivity index (χ2v) is 6.46. The number of carbonyl (C=O) groups is 1. The van der Waals surface area contributed by atoms with Crippen molar-refractivity contribution in [2.24, 2.45) is 0 Å². The molecule has 0 bridgehead atoms. The van der Waals surface area contributed by atoms with Gasteiger partial charge in [-0.1, -0.05) is 15.9 Å². The Bertz CT molecular complexity index is 413. The van der Waals surface area contributed by atoms with Crippen LogP contribution in [0.5, 0.6) is 0 Å². The summed E-state index contributed by atoms with van der Waals surface area (Å²) in [5.41, 5.74) is 0. The molecule has 0 spiro atoms. The van der Waals surface area contributed by atoms with Crippen LogP contribution in [-0.4, -0.2) is 22.3 Å². The molecule has 1 aliphatic heterocycles. The number of carbonyl (C=O) groups excluding carboxylic acids is 1. The van der Waals surface area contributed by atoms with E-state index in [1.54, 1.807) is 4.90 Å². The van der Waals surface area contributed by atoms with Gasteiger partial charge in [0.1, 0.15) is 10.4 Å². The Morgan fingerprint density at radius 1 is 1.53 bits per heavy atom. The van der Waals surface area contributed by atoms with Gasteiger partial charge in [0.15, 0.2) is 0 Å². The van der Waals surface area contributed by atoms with Crippen LogP contribution in [-0.2, 0) is 4.79 Å². The van der Waals surface area contributed by atoms with Gasteiger partial charge in [-0.2, -0.15) is 0 Å². The maximum absolute atomic E-state index is 11.6. The van der Waals surface area contributed by atoms with Crippen molar-refractivity contribution < 1.29 is 4.79 Å². The quantitative estimate of drug-likeness (QED) is 0.378. The van der Waals surface area contributed by atoms with E-state index in [1.165, 1.54) is 0 Å². The molecule has 0 aromatic carbocycles. The highest BCUT2D eigenvalue weighted by Gasteiger charge is 2.29. The van der Waals surface area contributed by atoms with Crippen LogP contribution in [0.2, 0.25) is 0 Å². The van der Waals surface area contributed by atoms with Crippen LogP contribution in [0.3, 0.4) is 0 Å². The van der Waals surface area contributed by atoms with Crippen LogP contribution < -0.4 is 4.90 Å². The van der Waals surface area contributed by atoms with Crippen LogP contribution in [0.4, 0.5) is 5.82 Å². The number of amides is 1. The number of alkyl halides is 1. The van der Waals surface area contributed by atoms with E-state index in [9.17, 15) is 4.79 Å². The van der Waals surface area contributed by atoms with Gasteiger partial charge in [0.2, 0.25) is 5.91 Å². The van der Waals surface area contributed by atoms with E-state index in [0.717, 1.165) is 8.17 Å². The van der Waals surface area contributed by atoms with Gasteiger partial charge < -0.3 is 0 Å². The highest BCUT2D eigenvalue weighted by atomic mass is 127. The molecular formula is C9H7Br2IN2O. The molecule has 0 aliphatic carbocycles. The number of hydrogen-bond donors (Lipinski definition) is 0. The molecular weight excluding hydrogens is 439 g/mol. The number of rotatable bonds is 1. The Kier molecular flexibility index (Phi) is 3.67. The second kappa shape index (κ2) is 4.67. The zero-order valence-corrected chi connectivity index (χ0v) is 12.9. The SMILES string of the molecule is O=C1CC(Br)CN1c1ccc(I)c(Br)n1. The van der Waals surface area contributed by atoms with E-state index >= 15 is 0 Å². The van der Waals surface area contributed by atoms with Crippen molar-refractivity contribution in [1.82, 2.24) is 4.98 Å². The molecule has 0 radical (unpaired) electrons. The molecule has 3 nitrogen and oxygen atoms in total. The van der Waals surface area contributed by atoms with Crippen molar-refractivity contribution in [3.8, 4) is 0 Å². The lowest BCUT2D eigenvalue weighted by molar-refractivity contribution is -0.117. The first kappa shape index (κ1) is 11.8. The van der Waals surface area contributed by atoms with Gasteiger partial charge >= 0.3 is 0 Å². The molecule has 80 valence electrons. The molecule has 1 aliphatic rings. The van der Waals surface area contributed by atoms with Gasteiger partial charge in [0.25, 0.3) is 0 Å². The normalized spacial score (nSPS) is 21.1. The summed E-state index contributed by atoms with van der Waals surface area (Å²) in [6, 6.07) is 3.82. The molecule has 2 rings (SSSR count). The Balaban J connectivity index is 2.30. The maximum Gasteiger partial charge on any atom is 0.229 e. The van der Waals surface area contributed by atoms with Gasteiger partial charge in [0.05, 0.1) is 0 Å². The van der Waals surface area contributed by atoms with Crippen molar-refractivity contribution in [1.29, 1.82) is 0 Å². The molecule has 2 heterocycles. The first-order valence-corrected chi connectivity index (χ1v) is 7.13. The first-order valence-electron chi connectivity index (χ1n) is 4.34. The average molecular weight is 446 g/mol. The van der Waals surface area contributed by atoms with E-state index in [0.29, 0.717) is 18.8 Å². The molecule has 0 N–H and O–H groups in total. The van der Waals surface area contributed by atoms with Crippen molar-refractivity contribution in [2.75, 3.05) is 11.4 Å². The van der Waals surface area contributed by atoms with Crippen molar-refractivity contribution in [3.63, 3.8) is 0 Å². The monoisotopic (exact) mass is 444 g/mol. The summed E-state index contributed by atoms with van der Waals surface area (Å²) in [6.07, 6.45) is 0.547. The summed E-state index contributed by atoms with van der Waals surface area (Å²) in [5.74, 6) is 0.840. The molecule has 6 heteroatoms. The number of aromatic nitrogens is 1. The van der Waals surface area contributed by atoms with E-state index < -0.39 is 0 Å². The molecule has 1 atom stereocenters. The second-order valence-electron chi connectivity index (χ2n) is 3.25. The Morgan fingerprint density at radius 2 is 2.27 bits per heavy atom. The smallest absolute Gasteiger partial charge is 0.229 e. The summed E-state index contributed by atoms with van der Waals surface area (Å²) in [6.45, 7) is 0.693. The number of nitrogens with zero attached hydrogens (tertiary/aromatic N) is 2. The number of anilines is 1. The van der Waals surface area contributed by atoms with Crippen molar-refractivity contribution in [2.45, 2.75) is 11.2 Å². The van der Waals surface area contributed by atoms with E-state index in [4.69, 9.17) is 0 Å². The van der Waals surface area contributed by atoms with E-state index in [1.807, 2.05) is 12.1 Å². The molecule has 1 unspecified atom stereocenters. The van der Waals surface area contributed by atoms with Crippen molar-refractivity contribution >= 4 is 66.2 Å². The van der Waals surface area contributed by atoms with Gasteiger partial charge in [-0.15, -0.1) is 0 Å². The van der Waals surface area contributed by atoms with Crippen molar-refractivity contribution in [3.05, 3.63) is 20.3 Å². The lowest BCUT2D eigenvalue weighted by Crippen LogP contribution is -2.25. The molecule has 0 saturated carbocycles. The third-order valence-electron chi connectivity index (χ3n) is 2.14. The Labute approximate surface area is 118 Å². The summed E-state index contributed by atoms with van der Waals surface area (Å²) in [4.78, 5) is 17.9. The molecule has 1 aromatic rings. The number of pyridine rings is 1. The van der Waals surface area contributed by atoms with Gasteiger partial charge in [0, 0.05) is 21.4 Å². The van der Waals surface area contributed by atoms with Crippen LogP contribution in [0.15, 0.2) is 16.7 Å². The third-order valence-corrected chi connectivity index (χ3v) is 4.97. The lowest BCUT2D eigenvalue weighted by atomic mass is 10.4. The van der Waals surface area contributed by atoms with Crippen LogP contribution in [0, 0.1) is 3.57 Å². The standard InChI is InChI=1S/C9H7Br2IN2O/c10-5-3-8(15)14(4-5)7-2-1-6(12)9(11)13-7/h1-2,5H,3-4H2. The van der Waals surface area contributed by atoms with E-state index in [-0.39, 0.29) is 10.7 Å². The first-order chi connectivity index (χ1) is 7.08. The minimum Gasteiger partial charge on any atom is -0.296 e. The molecule has 1 saturated heterocycles. The van der Waals surface area contributed by atoms with Crippen LogP contribution >= 0.6 is 54.5 Å². The van der Waals surface area contributed by atoms with Crippen LogP contribution in [0.25, 0.3) is 0 Å². The third kappa shape index (κ3) is 2.52. The predicted octanol–water partition coefficient (Wildman–Crippen LogP) is 2.95.